The molecule has 0 atom stereocenters. The molecule has 2 rings (SSSR count). The van der Waals surface area contributed by atoms with Crippen molar-refractivity contribution >= 4 is 15.9 Å². The molecule has 8 heteroatoms. The molecule has 0 spiro atoms. The second-order valence-electron chi connectivity index (χ2n) is 5.43. The lowest BCUT2D eigenvalue weighted by Gasteiger charge is -2.11. The highest BCUT2D eigenvalue weighted by atomic mass is 32.2. The molecule has 0 aliphatic carbocycles. The number of carbonyl (C=O) groups is 1. The number of sulfone groups is 1. The number of ether oxygens (including phenoxy) is 2. The van der Waals surface area contributed by atoms with Crippen LogP contribution in [0.25, 0.3) is 0 Å². The molecule has 0 aliphatic heterocycles. The van der Waals surface area contributed by atoms with E-state index in [-0.39, 0.29) is 17.2 Å². The summed E-state index contributed by atoms with van der Waals surface area (Å²) in [6.45, 7) is 0.367. The van der Waals surface area contributed by atoms with E-state index < -0.39 is 15.9 Å². The van der Waals surface area contributed by atoms with Crippen molar-refractivity contribution in [2.45, 2.75) is 11.4 Å². The zero-order chi connectivity index (χ0) is 19.0. The first-order valence-corrected chi connectivity index (χ1v) is 9.62. The van der Waals surface area contributed by atoms with Gasteiger partial charge in [0.1, 0.15) is 0 Å². The minimum absolute atomic E-state index is 0.00268. The van der Waals surface area contributed by atoms with Crippen molar-refractivity contribution in [1.82, 2.24) is 10.6 Å². The average Bonchev–Trinajstić information content (AvgIpc) is 2.66. The normalized spacial score (nSPS) is 10.8. The van der Waals surface area contributed by atoms with Crippen LogP contribution in [0.15, 0.2) is 53.4 Å². The Labute approximate surface area is 153 Å². The van der Waals surface area contributed by atoms with Crippen molar-refractivity contribution in [2.24, 2.45) is 0 Å². The van der Waals surface area contributed by atoms with Gasteiger partial charge >= 0.3 is 6.03 Å². The molecule has 0 aliphatic rings. The van der Waals surface area contributed by atoms with Gasteiger partial charge in [-0.15, -0.1) is 0 Å². The molecule has 0 aromatic heterocycles. The van der Waals surface area contributed by atoms with Crippen LogP contribution in [0.3, 0.4) is 0 Å². The van der Waals surface area contributed by atoms with Crippen LogP contribution in [0, 0.1) is 0 Å². The van der Waals surface area contributed by atoms with E-state index in [2.05, 4.69) is 10.6 Å². The number of hydrogen-bond donors (Lipinski definition) is 2. The predicted molar refractivity (Wildman–Crippen MR) is 98.3 cm³/mol. The number of amides is 2. The van der Waals surface area contributed by atoms with Gasteiger partial charge in [0.15, 0.2) is 21.3 Å². The summed E-state index contributed by atoms with van der Waals surface area (Å²) in [5.41, 5.74) is 0.959. The Bertz CT molecular complexity index is 838. The van der Waals surface area contributed by atoms with E-state index in [0.717, 1.165) is 5.56 Å². The number of hydrogen-bond acceptors (Lipinski definition) is 5. The van der Waals surface area contributed by atoms with E-state index >= 15 is 0 Å². The Hall–Kier alpha value is -2.74. The minimum Gasteiger partial charge on any atom is -0.493 e. The van der Waals surface area contributed by atoms with E-state index in [1.165, 1.54) is 32.4 Å². The first-order chi connectivity index (χ1) is 12.5. The second-order valence-corrected chi connectivity index (χ2v) is 7.54. The van der Waals surface area contributed by atoms with Crippen molar-refractivity contribution in [3.8, 4) is 11.5 Å². The van der Waals surface area contributed by atoms with Crippen LogP contribution in [0.1, 0.15) is 5.56 Å². The van der Waals surface area contributed by atoms with Gasteiger partial charge in [-0.1, -0.05) is 30.3 Å². The monoisotopic (exact) mass is 378 g/mol. The number of rotatable bonds is 8. The fourth-order valence-corrected chi connectivity index (χ4v) is 3.44. The molecule has 2 aromatic carbocycles. The lowest BCUT2D eigenvalue weighted by Crippen LogP contribution is -2.37. The largest absolute Gasteiger partial charge is 0.493 e. The first kappa shape index (κ1) is 19.6. The van der Waals surface area contributed by atoms with E-state index in [4.69, 9.17) is 9.47 Å². The van der Waals surface area contributed by atoms with Crippen LogP contribution in [-0.4, -0.2) is 41.0 Å². The molecular formula is C18H22N2O5S. The molecule has 7 nitrogen and oxygen atoms in total. The third kappa shape index (κ3) is 5.38. The van der Waals surface area contributed by atoms with Crippen molar-refractivity contribution in [3.05, 3.63) is 54.1 Å². The van der Waals surface area contributed by atoms with Gasteiger partial charge in [0.05, 0.1) is 24.9 Å². The Morgan fingerprint density at radius 3 is 2.31 bits per heavy atom. The molecule has 0 heterocycles. The van der Waals surface area contributed by atoms with Crippen LogP contribution in [0.4, 0.5) is 4.79 Å². The zero-order valence-corrected chi connectivity index (χ0v) is 15.5. The molecule has 0 unspecified atom stereocenters. The average molecular weight is 378 g/mol. The molecule has 0 radical (unpaired) electrons. The maximum Gasteiger partial charge on any atom is 0.315 e. The van der Waals surface area contributed by atoms with Gasteiger partial charge in [-0.3, -0.25) is 0 Å². The number of methoxy groups -OCH3 is 2. The van der Waals surface area contributed by atoms with E-state index in [0.29, 0.717) is 18.0 Å². The van der Waals surface area contributed by atoms with E-state index in [1.807, 2.05) is 30.3 Å². The molecular weight excluding hydrogens is 356 g/mol. The highest BCUT2D eigenvalue weighted by Crippen LogP contribution is 2.29. The van der Waals surface area contributed by atoms with Crippen molar-refractivity contribution < 1.29 is 22.7 Å². The van der Waals surface area contributed by atoms with Gasteiger partial charge < -0.3 is 20.1 Å². The fourth-order valence-electron chi connectivity index (χ4n) is 2.27. The number of urea groups is 1. The summed E-state index contributed by atoms with van der Waals surface area (Å²) in [6, 6.07) is 13.4. The van der Waals surface area contributed by atoms with E-state index in [1.54, 1.807) is 0 Å². The van der Waals surface area contributed by atoms with Crippen molar-refractivity contribution in [1.29, 1.82) is 0 Å². The third-order valence-corrected chi connectivity index (χ3v) is 5.38. The van der Waals surface area contributed by atoms with Crippen molar-refractivity contribution in [2.75, 3.05) is 26.5 Å². The fraction of sp³-hybridized carbons (Fsp3) is 0.278. The van der Waals surface area contributed by atoms with Gasteiger partial charge in [-0.2, -0.15) is 0 Å². The maximum absolute atomic E-state index is 12.4. The smallest absolute Gasteiger partial charge is 0.315 e. The Balaban J connectivity index is 1.87. The van der Waals surface area contributed by atoms with Gasteiger partial charge in [0.2, 0.25) is 0 Å². The molecule has 0 bridgehead atoms. The van der Waals surface area contributed by atoms with Gasteiger partial charge in [-0.25, -0.2) is 13.2 Å². The highest BCUT2D eigenvalue weighted by molar-refractivity contribution is 7.91. The predicted octanol–water partition coefficient (Wildman–Crippen LogP) is 1.98. The number of carbonyl (C=O) groups excluding carboxylic acids is 1. The molecule has 26 heavy (non-hydrogen) atoms. The molecule has 0 saturated heterocycles. The van der Waals surface area contributed by atoms with Crippen LogP contribution in [-0.2, 0) is 16.4 Å². The molecule has 2 amide bonds. The summed E-state index contributed by atoms with van der Waals surface area (Å²) in [5.74, 6) is 0.563. The zero-order valence-electron chi connectivity index (χ0n) is 14.7. The van der Waals surface area contributed by atoms with Gasteiger partial charge in [0, 0.05) is 19.2 Å². The van der Waals surface area contributed by atoms with E-state index in [9.17, 15) is 13.2 Å². The first-order valence-electron chi connectivity index (χ1n) is 7.96. The summed E-state index contributed by atoms with van der Waals surface area (Å²) in [6.07, 6.45) is 0. The number of benzene rings is 2. The van der Waals surface area contributed by atoms with Crippen LogP contribution < -0.4 is 20.1 Å². The third-order valence-electron chi connectivity index (χ3n) is 3.67. The Morgan fingerprint density at radius 2 is 1.65 bits per heavy atom. The van der Waals surface area contributed by atoms with Crippen LogP contribution in [0.5, 0.6) is 11.5 Å². The SMILES string of the molecule is COc1ccc(S(=O)(=O)CCNC(=O)NCc2ccccc2)cc1OC. The summed E-state index contributed by atoms with van der Waals surface area (Å²) >= 11 is 0. The topological polar surface area (TPSA) is 93.7 Å². The summed E-state index contributed by atoms with van der Waals surface area (Å²) in [7, 11) is -0.645. The lowest BCUT2D eigenvalue weighted by atomic mass is 10.2. The maximum atomic E-state index is 12.4. The summed E-state index contributed by atoms with van der Waals surface area (Å²) in [4.78, 5) is 11.9. The Morgan fingerprint density at radius 1 is 0.962 bits per heavy atom. The molecule has 0 saturated carbocycles. The van der Waals surface area contributed by atoms with Crippen LogP contribution >= 0.6 is 0 Å². The summed E-state index contributed by atoms with van der Waals surface area (Å²) < 4.78 is 35.0. The lowest BCUT2D eigenvalue weighted by molar-refractivity contribution is 0.241. The highest BCUT2D eigenvalue weighted by Gasteiger charge is 2.17. The van der Waals surface area contributed by atoms with Gasteiger partial charge in [-0.05, 0) is 17.7 Å². The molecule has 2 N–H and O–H groups in total. The number of nitrogens with one attached hydrogen (secondary N) is 2. The Kier molecular flexibility index (Phi) is 6.85. The molecule has 140 valence electrons. The van der Waals surface area contributed by atoms with Gasteiger partial charge in [0.25, 0.3) is 0 Å². The van der Waals surface area contributed by atoms with Crippen LogP contribution in [0.2, 0.25) is 0 Å². The summed E-state index contributed by atoms with van der Waals surface area (Å²) in [5, 5.41) is 5.22. The van der Waals surface area contributed by atoms with Crippen molar-refractivity contribution in [3.63, 3.8) is 0 Å². The molecule has 0 fully saturated rings. The molecule has 2 aromatic rings. The second kappa shape index (κ2) is 9.10. The quantitative estimate of drug-likeness (QED) is 0.733. The standard InChI is InChI=1S/C18H22N2O5S/c1-24-16-9-8-15(12-17(16)25-2)26(22,23)11-10-19-18(21)20-13-14-6-4-3-5-7-14/h3-9,12H,10-11,13H2,1-2H3,(H2,19,20,21). The minimum atomic E-state index is -3.56.